The fourth-order valence-corrected chi connectivity index (χ4v) is 2.64. The van der Waals surface area contributed by atoms with Crippen LogP contribution < -0.4 is 5.32 Å². The summed E-state index contributed by atoms with van der Waals surface area (Å²) in [5.41, 5.74) is 2.44. The number of aliphatic carboxylic acids is 1. The molecular formula is C15H21NO2. The molecule has 98 valence electrons. The van der Waals surface area contributed by atoms with Crippen molar-refractivity contribution in [3.63, 3.8) is 0 Å². The molecule has 0 aromatic heterocycles. The number of carboxylic acids is 1. The van der Waals surface area contributed by atoms with Gasteiger partial charge in [-0.2, -0.15) is 0 Å². The van der Waals surface area contributed by atoms with Gasteiger partial charge in [-0.15, -0.1) is 0 Å². The normalized spacial score (nSPS) is 23.6. The van der Waals surface area contributed by atoms with Crippen LogP contribution in [-0.4, -0.2) is 17.1 Å². The first-order valence-electron chi connectivity index (χ1n) is 6.68. The molecular weight excluding hydrogens is 226 g/mol. The van der Waals surface area contributed by atoms with Crippen LogP contribution in [0.15, 0.2) is 24.3 Å². The van der Waals surface area contributed by atoms with Crippen LogP contribution in [0.25, 0.3) is 0 Å². The number of hydrogen-bond donors (Lipinski definition) is 2. The molecule has 0 heterocycles. The zero-order chi connectivity index (χ0) is 13.0. The van der Waals surface area contributed by atoms with Gasteiger partial charge in [-0.1, -0.05) is 17.7 Å². The van der Waals surface area contributed by atoms with E-state index in [1.807, 2.05) is 0 Å². The Morgan fingerprint density at radius 1 is 1.22 bits per heavy atom. The fourth-order valence-electron chi connectivity index (χ4n) is 2.64. The van der Waals surface area contributed by atoms with Crippen molar-refractivity contribution in [3.05, 3.63) is 29.8 Å². The molecule has 1 aliphatic rings. The molecule has 0 unspecified atom stereocenters. The lowest BCUT2D eigenvalue weighted by Gasteiger charge is -2.29. The molecule has 3 nitrogen and oxygen atoms in total. The fraction of sp³-hybridized carbons (Fsp3) is 0.533. The lowest BCUT2D eigenvalue weighted by molar-refractivity contribution is -0.138. The zero-order valence-corrected chi connectivity index (χ0v) is 10.9. The van der Waals surface area contributed by atoms with Gasteiger partial charge in [0.25, 0.3) is 0 Å². The van der Waals surface area contributed by atoms with Crippen molar-refractivity contribution in [1.82, 2.24) is 0 Å². The molecule has 0 radical (unpaired) electrons. The van der Waals surface area contributed by atoms with E-state index >= 15 is 0 Å². The van der Waals surface area contributed by atoms with Gasteiger partial charge in [-0.3, -0.25) is 4.79 Å². The number of carbonyl (C=O) groups is 1. The highest BCUT2D eigenvalue weighted by atomic mass is 16.4. The smallest absolute Gasteiger partial charge is 0.303 e. The SMILES string of the molecule is Cc1ccc(NC2CCC(CC(=O)O)CC2)cc1. The Morgan fingerprint density at radius 2 is 1.83 bits per heavy atom. The molecule has 0 atom stereocenters. The van der Waals surface area contributed by atoms with Gasteiger partial charge < -0.3 is 10.4 Å². The number of anilines is 1. The summed E-state index contributed by atoms with van der Waals surface area (Å²) >= 11 is 0. The number of benzene rings is 1. The molecule has 0 saturated heterocycles. The quantitative estimate of drug-likeness (QED) is 0.856. The number of rotatable bonds is 4. The molecule has 0 spiro atoms. The second-order valence-electron chi connectivity index (χ2n) is 5.33. The Kier molecular flexibility index (Phi) is 4.24. The average Bonchev–Trinajstić information content (AvgIpc) is 2.34. The van der Waals surface area contributed by atoms with Crippen LogP contribution >= 0.6 is 0 Å². The van der Waals surface area contributed by atoms with Crippen LogP contribution in [0.1, 0.15) is 37.7 Å². The molecule has 1 aliphatic carbocycles. The van der Waals surface area contributed by atoms with E-state index < -0.39 is 5.97 Å². The van der Waals surface area contributed by atoms with Gasteiger partial charge in [0.05, 0.1) is 0 Å². The van der Waals surface area contributed by atoms with E-state index in [0.29, 0.717) is 18.4 Å². The number of carboxylic acid groups (broad SMARTS) is 1. The van der Waals surface area contributed by atoms with E-state index in [4.69, 9.17) is 5.11 Å². The van der Waals surface area contributed by atoms with Crippen LogP contribution in [0, 0.1) is 12.8 Å². The zero-order valence-electron chi connectivity index (χ0n) is 10.9. The highest BCUT2D eigenvalue weighted by molar-refractivity contribution is 5.67. The topological polar surface area (TPSA) is 49.3 Å². The third-order valence-corrected chi connectivity index (χ3v) is 3.73. The lowest BCUT2D eigenvalue weighted by Crippen LogP contribution is -2.27. The van der Waals surface area contributed by atoms with Crippen LogP contribution in [-0.2, 0) is 4.79 Å². The van der Waals surface area contributed by atoms with E-state index in [1.165, 1.54) is 11.3 Å². The second-order valence-corrected chi connectivity index (χ2v) is 5.33. The number of aryl methyl sites for hydroxylation is 1. The summed E-state index contributed by atoms with van der Waals surface area (Å²) < 4.78 is 0. The predicted molar refractivity (Wildman–Crippen MR) is 72.8 cm³/mol. The summed E-state index contributed by atoms with van der Waals surface area (Å²) in [6.45, 7) is 2.08. The molecule has 0 aliphatic heterocycles. The molecule has 0 bridgehead atoms. The van der Waals surface area contributed by atoms with Crippen LogP contribution in [0.4, 0.5) is 5.69 Å². The van der Waals surface area contributed by atoms with Gasteiger partial charge in [0, 0.05) is 18.2 Å². The summed E-state index contributed by atoms with van der Waals surface area (Å²) in [6.07, 6.45) is 4.53. The molecule has 2 N–H and O–H groups in total. The van der Waals surface area contributed by atoms with Crippen molar-refractivity contribution < 1.29 is 9.90 Å². The van der Waals surface area contributed by atoms with Gasteiger partial charge in [-0.25, -0.2) is 0 Å². The predicted octanol–water partition coefficient (Wildman–Crippen LogP) is 3.44. The van der Waals surface area contributed by atoms with Crippen molar-refractivity contribution >= 4 is 11.7 Å². The molecule has 3 heteroatoms. The minimum atomic E-state index is -0.662. The third-order valence-electron chi connectivity index (χ3n) is 3.73. The molecule has 1 aromatic rings. The van der Waals surface area contributed by atoms with Gasteiger partial charge in [-0.05, 0) is 50.7 Å². The average molecular weight is 247 g/mol. The maximum Gasteiger partial charge on any atom is 0.303 e. The Morgan fingerprint density at radius 3 is 2.39 bits per heavy atom. The molecule has 0 amide bonds. The van der Waals surface area contributed by atoms with Gasteiger partial charge in [0.15, 0.2) is 0 Å². The van der Waals surface area contributed by atoms with E-state index in [-0.39, 0.29) is 0 Å². The standard InChI is InChI=1S/C15H21NO2/c1-11-2-6-13(7-3-11)16-14-8-4-12(5-9-14)10-15(17)18/h2-3,6-7,12,14,16H,4-5,8-10H2,1H3,(H,17,18). The second kappa shape index (κ2) is 5.89. The molecule has 2 rings (SSSR count). The maximum atomic E-state index is 10.7. The van der Waals surface area contributed by atoms with Crippen molar-refractivity contribution in [2.24, 2.45) is 5.92 Å². The minimum Gasteiger partial charge on any atom is -0.481 e. The third kappa shape index (κ3) is 3.76. The Labute approximate surface area is 108 Å². The number of nitrogens with one attached hydrogen (secondary N) is 1. The molecule has 1 saturated carbocycles. The van der Waals surface area contributed by atoms with Crippen molar-refractivity contribution in [1.29, 1.82) is 0 Å². The summed E-state index contributed by atoms with van der Waals surface area (Å²) in [5, 5.41) is 12.3. The Balaban J connectivity index is 1.79. The highest BCUT2D eigenvalue weighted by Crippen LogP contribution is 2.28. The summed E-state index contributed by atoms with van der Waals surface area (Å²) in [4.78, 5) is 10.7. The first-order valence-corrected chi connectivity index (χ1v) is 6.68. The first-order chi connectivity index (χ1) is 8.63. The van der Waals surface area contributed by atoms with E-state index in [1.54, 1.807) is 0 Å². The summed E-state index contributed by atoms with van der Waals surface area (Å²) in [6, 6.07) is 8.94. The Hall–Kier alpha value is -1.51. The Bertz CT molecular complexity index is 391. The van der Waals surface area contributed by atoms with Crippen molar-refractivity contribution in [3.8, 4) is 0 Å². The molecule has 1 fully saturated rings. The number of hydrogen-bond acceptors (Lipinski definition) is 2. The summed E-state index contributed by atoms with van der Waals surface area (Å²) in [7, 11) is 0. The van der Waals surface area contributed by atoms with Crippen LogP contribution in [0.3, 0.4) is 0 Å². The van der Waals surface area contributed by atoms with E-state index in [9.17, 15) is 4.79 Å². The van der Waals surface area contributed by atoms with Gasteiger partial charge in [0.1, 0.15) is 0 Å². The van der Waals surface area contributed by atoms with Crippen LogP contribution in [0.2, 0.25) is 0 Å². The van der Waals surface area contributed by atoms with Crippen molar-refractivity contribution in [2.75, 3.05) is 5.32 Å². The van der Waals surface area contributed by atoms with Gasteiger partial charge in [0.2, 0.25) is 0 Å². The monoisotopic (exact) mass is 247 g/mol. The van der Waals surface area contributed by atoms with E-state index in [2.05, 4.69) is 36.5 Å². The summed E-state index contributed by atoms with van der Waals surface area (Å²) in [5.74, 6) is -0.288. The molecule has 18 heavy (non-hydrogen) atoms. The van der Waals surface area contributed by atoms with Crippen molar-refractivity contribution in [2.45, 2.75) is 45.1 Å². The van der Waals surface area contributed by atoms with E-state index in [0.717, 1.165) is 25.7 Å². The molecule has 1 aromatic carbocycles. The van der Waals surface area contributed by atoms with Crippen LogP contribution in [0.5, 0.6) is 0 Å². The van der Waals surface area contributed by atoms with Gasteiger partial charge >= 0.3 is 5.97 Å². The maximum absolute atomic E-state index is 10.7. The highest BCUT2D eigenvalue weighted by Gasteiger charge is 2.22. The first kappa shape index (κ1) is 12.9. The lowest BCUT2D eigenvalue weighted by atomic mass is 9.84. The minimum absolute atomic E-state index is 0.331. The largest absolute Gasteiger partial charge is 0.481 e.